The molecule has 0 bridgehead atoms. The quantitative estimate of drug-likeness (QED) is 0.331. The van der Waals surface area contributed by atoms with E-state index in [-0.39, 0.29) is 5.91 Å². The molecule has 0 saturated carbocycles. The lowest BCUT2D eigenvalue weighted by Gasteiger charge is -2.01. The van der Waals surface area contributed by atoms with E-state index in [9.17, 15) is 4.79 Å². The maximum absolute atomic E-state index is 11.3. The van der Waals surface area contributed by atoms with Gasteiger partial charge in [0.1, 0.15) is 0 Å². The third kappa shape index (κ3) is 13.1. The van der Waals surface area contributed by atoms with Gasteiger partial charge in [0.15, 0.2) is 0 Å². The van der Waals surface area contributed by atoms with Crippen LogP contribution in [0, 0.1) is 0 Å². The zero-order valence-corrected chi connectivity index (χ0v) is 11.5. The lowest BCUT2D eigenvalue weighted by Crippen LogP contribution is -2.16. The molecule has 3 nitrogen and oxygen atoms in total. The highest BCUT2D eigenvalue weighted by atomic mass is 16.2. The number of hydrogen-bond acceptors (Lipinski definition) is 2. The molecule has 0 unspecified atom stereocenters. The second-order valence-electron chi connectivity index (χ2n) is 4.51. The number of unbranched alkanes of at least 4 members (excludes halogenated alkanes) is 7. The minimum atomic E-state index is 0.0471. The summed E-state index contributed by atoms with van der Waals surface area (Å²) >= 11 is 0. The average Bonchev–Trinajstić information content (AvgIpc) is 2.33. The molecule has 100 valence electrons. The topological polar surface area (TPSA) is 41.5 Å². The Morgan fingerprint density at radius 1 is 1.00 bits per heavy atom. The van der Waals surface area contributed by atoms with Gasteiger partial charge in [-0.3, -0.25) is 4.79 Å². The normalized spacial score (nSPS) is 10.9. The highest BCUT2D eigenvalue weighted by molar-refractivity contribution is 5.76. The summed E-state index contributed by atoms with van der Waals surface area (Å²) in [7, 11) is 0. The van der Waals surface area contributed by atoms with Crippen LogP contribution in [0.4, 0.5) is 0 Å². The SMILES string of the molecule is CCCC=NNC(=O)CCCCCCCCC. The van der Waals surface area contributed by atoms with Gasteiger partial charge < -0.3 is 0 Å². The molecule has 0 radical (unpaired) electrons. The monoisotopic (exact) mass is 240 g/mol. The van der Waals surface area contributed by atoms with Crippen LogP contribution in [0.5, 0.6) is 0 Å². The van der Waals surface area contributed by atoms with Crippen LogP contribution in [0.25, 0.3) is 0 Å². The Morgan fingerprint density at radius 2 is 1.65 bits per heavy atom. The molecular weight excluding hydrogens is 212 g/mol. The van der Waals surface area contributed by atoms with Gasteiger partial charge in [-0.05, 0) is 12.8 Å². The molecule has 0 aliphatic rings. The molecule has 0 aromatic carbocycles. The number of hydrogen-bond donors (Lipinski definition) is 1. The van der Waals surface area contributed by atoms with Crippen LogP contribution in [0.2, 0.25) is 0 Å². The van der Waals surface area contributed by atoms with Gasteiger partial charge in [0.25, 0.3) is 0 Å². The molecule has 0 atom stereocenters. The van der Waals surface area contributed by atoms with Crippen molar-refractivity contribution in [2.45, 2.75) is 78.1 Å². The Balaban J connectivity index is 3.22. The van der Waals surface area contributed by atoms with Gasteiger partial charge in [-0.1, -0.05) is 58.8 Å². The van der Waals surface area contributed by atoms with Crippen molar-refractivity contribution in [3.05, 3.63) is 0 Å². The third-order valence-electron chi connectivity index (χ3n) is 2.71. The summed E-state index contributed by atoms with van der Waals surface area (Å²) < 4.78 is 0. The van der Waals surface area contributed by atoms with E-state index in [0.717, 1.165) is 25.7 Å². The Kier molecular flexibility index (Phi) is 12.5. The van der Waals surface area contributed by atoms with Gasteiger partial charge in [0.2, 0.25) is 5.91 Å². The van der Waals surface area contributed by atoms with Gasteiger partial charge in [-0.2, -0.15) is 5.10 Å². The molecule has 0 spiro atoms. The lowest BCUT2D eigenvalue weighted by molar-refractivity contribution is -0.121. The van der Waals surface area contributed by atoms with Crippen molar-refractivity contribution < 1.29 is 4.79 Å². The number of nitrogens with zero attached hydrogens (tertiary/aromatic N) is 1. The van der Waals surface area contributed by atoms with E-state index >= 15 is 0 Å². The van der Waals surface area contributed by atoms with E-state index in [1.807, 2.05) is 0 Å². The molecule has 0 saturated heterocycles. The van der Waals surface area contributed by atoms with Gasteiger partial charge >= 0.3 is 0 Å². The minimum absolute atomic E-state index is 0.0471. The zero-order chi connectivity index (χ0) is 12.8. The highest BCUT2D eigenvalue weighted by Gasteiger charge is 1.98. The molecule has 0 heterocycles. The van der Waals surface area contributed by atoms with Crippen molar-refractivity contribution in [2.75, 3.05) is 0 Å². The van der Waals surface area contributed by atoms with Crippen molar-refractivity contribution in [1.29, 1.82) is 0 Å². The average molecular weight is 240 g/mol. The minimum Gasteiger partial charge on any atom is -0.273 e. The molecule has 0 rings (SSSR count). The van der Waals surface area contributed by atoms with Gasteiger partial charge in [0, 0.05) is 12.6 Å². The summed E-state index contributed by atoms with van der Waals surface area (Å²) in [6, 6.07) is 0. The molecule has 17 heavy (non-hydrogen) atoms. The van der Waals surface area contributed by atoms with Crippen LogP contribution in [-0.4, -0.2) is 12.1 Å². The molecule has 0 fully saturated rings. The predicted molar refractivity (Wildman–Crippen MR) is 74.2 cm³/mol. The van der Waals surface area contributed by atoms with Crippen LogP contribution in [0.3, 0.4) is 0 Å². The fraction of sp³-hybridized carbons (Fsp3) is 0.857. The first-order chi connectivity index (χ1) is 8.31. The summed E-state index contributed by atoms with van der Waals surface area (Å²) in [5, 5.41) is 3.88. The number of carbonyl (C=O) groups is 1. The predicted octanol–water partition coefficient (Wildman–Crippen LogP) is 4.03. The van der Waals surface area contributed by atoms with Crippen LogP contribution in [0.1, 0.15) is 78.1 Å². The Hall–Kier alpha value is -0.860. The van der Waals surface area contributed by atoms with Crippen molar-refractivity contribution in [2.24, 2.45) is 5.10 Å². The molecule has 0 aromatic heterocycles. The number of nitrogens with one attached hydrogen (secondary N) is 1. The first-order valence-corrected chi connectivity index (χ1v) is 7.11. The lowest BCUT2D eigenvalue weighted by atomic mass is 10.1. The van der Waals surface area contributed by atoms with Crippen LogP contribution < -0.4 is 5.43 Å². The Morgan fingerprint density at radius 3 is 2.29 bits per heavy atom. The van der Waals surface area contributed by atoms with Crippen LogP contribution in [0.15, 0.2) is 5.10 Å². The summed E-state index contributed by atoms with van der Waals surface area (Å²) in [6.45, 7) is 4.32. The van der Waals surface area contributed by atoms with E-state index in [1.165, 1.54) is 32.1 Å². The van der Waals surface area contributed by atoms with Crippen molar-refractivity contribution in [3.63, 3.8) is 0 Å². The van der Waals surface area contributed by atoms with Gasteiger partial charge in [-0.25, -0.2) is 5.43 Å². The maximum Gasteiger partial charge on any atom is 0.240 e. The van der Waals surface area contributed by atoms with Gasteiger partial charge in [-0.15, -0.1) is 0 Å². The first-order valence-electron chi connectivity index (χ1n) is 7.11. The second kappa shape index (κ2) is 13.2. The van der Waals surface area contributed by atoms with E-state index in [0.29, 0.717) is 6.42 Å². The maximum atomic E-state index is 11.3. The third-order valence-corrected chi connectivity index (χ3v) is 2.71. The standard InChI is InChI=1S/C14H28N2O/c1-3-5-7-8-9-10-11-12-14(17)16-15-13-6-4-2/h13H,3-12H2,1-2H3,(H,16,17). The molecule has 0 aromatic rings. The number of hydrazone groups is 1. The van der Waals surface area contributed by atoms with E-state index < -0.39 is 0 Å². The smallest absolute Gasteiger partial charge is 0.240 e. The van der Waals surface area contributed by atoms with Gasteiger partial charge in [0.05, 0.1) is 0 Å². The summed E-state index contributed by atoms with van der Waals surface area (Å²) in [5.74, 6) is 0.0471. The molecule has 1 N–H and O–H groups in total. The van der Waals surface area contributed by atoms with Crippen LogP contribution >= 0.6 is 0 Å². The van der Waals surface area contributed by atoms with Crippen molar-refractivity contribution in [1.82, 2.24) is 5.43 Å². The molecule has 0 aliphatic heterocycles. The Bertz CT molecular complexity index is 202. The van der Waals surface area contributed by atoms with Crippen molar-refractivity contribution in [3.8, 4) is 0 Å². The molecule has 1 amide bonds. The number of carbonyl (C=O) groups excluding carboxylic acids is 1. The van der Waals surface area contributed by atoms with Crippen LogP contribution in [-0.2, 0) is 4.79 Å². The van der Waals surface area contributed by atoms with E-state index in [4.69, 9.17) is 0 Å². The number of rotatable bonds is 11. The number of amides is 1. The largest absolute Gasteiger partial charge is 0.273 e. The van der Waals surface area contributed by atoms with E-state index in [2.05, 4.69) is 24.4 Å². The molecule has 0 aliphatic carbocycles. The van der Waals surface area contributed by atoms with E-state index in [1.54, 1.807) is 6.21 Å². The summed E-state index contributed by atoms with van der Waals surface area (Å²) in [6.07, 6.45) is 13.1. The summed E-state index contributed by atoms with van der Waals surface area (Å²) in [4.78, 5) is 11.3. The Labute approximate surface area is 106 Å². The summed E-state index contributed by atoms with van der Waals surface area (Å²) in [5.41, 5.74) is 2.56. The highest BCUT2D eigenvalue weighted by Crippen LogP contribution is 2.08. The van der Waals surface area contributed by atoms with Crippen molar-refractivity contribution >= 4 is 12.1 Å². The molecule has 3 heteroatoms. The fourth-order valence-electron chi connectivity index (χ4n) is 1.61. The molecular formula is C14H28N2O. The first kappa shape index (κ1) is 16.1. The second-order valence-corrected chi connectivity index (χ2v) is 4.51. The zero-order valence-electron chi connectivity index (χ0n) is 11.5. The fourth-order valence-corrected chi connectivity index (χ4v) is 1.61.